The summed E-state index contributed by atoms with van der Waals surface area (Å²) in [6, 6.07) is 15.4. The Kier molecular flexibility index (Phi) is 4.30. The maximum Gasteiger partial charge on any atom is 0.148 e. The van der Waals surface area contributed by atoms with Gasteiger partial charge in [0.05, 0.1) is 11.2 Å². The molecule has 0 unspecified atom stereocenters. The molecule has 0 atom stereocenters. The third-order valence-electron chi connectivity index (χ3n) is 4.34. The van der Waals surface area contributed by atoms with E-state index in [0.29, 0.717) is 6.42 Å². The molecule has 0 aliphatic heterocycles. The number of hydrogen-bond acceptors (Lipinski definition) is 5. The van der Waals surface area contributed by atoms with Gasteiger partial charge in [-0.2, -0.15) is 5.10 Å². The van der Waals surface area contributed by atoms with Gasteiger partial charge in [-0.15, -0.1) is 0 Å². The number of nitrogens with zero attached hydrogens (tertiary/aromatic N) is 4. The summed E-state index contributed by atoms with van der Waals surface area (Å²) in [6.45, 7) is 1.85. The van der Waals surface area contributed by atoms with Crippen LogP contribution in [-0.2, 0) is 6.42 Å². The molecule has 3 aromatic heterocycles. The highest BCUT2D eigenvalue weighted by atomic mass is 15.3. The molecule has 2 N–H and O–H groups in total. The van der Waals surface area contributed by atoms with Crippen molar-refractivity contribution in [1.82, 2.24) is 19.7 Å². The molecule has 4 aromatic rings. The summed E-state index contributed by atoms with van der Waals surface area (Å²) in [5.74, 6) is 0.263. The molecule has 1 aromatic carbocycles. The van der Waals surface area contributed by atoms with Crippen LogP contribution in [-0.4, -0.2) is 25.6 Å². The molecule has 3 heterocycles. The van der Waals surface area contributed by atoms with E-state index >= 15 is 0 Å². The van der Waals surface area contributed by atoms with Crippen molar-refractivity contribution >= 4 is 16.7 Å². The van der Waals surface area contributed by atoms with Gasteiger partial charge in [0.2, 0.25) is 0 Å². The van der Waals surface area contributed by atoms with Gasteiger partial charge in [-0.3, -0.25) is 20.8 Å². The first-order valence-electron chi connectivity index (χ1n) is 8.58. The molecular weight excluding hydrogens is 336 g/mol. The molecule has 0 amide bonds. The van der Waals surface area contributed by atoms with Crippen LogP contribution in [0.25, 0.3) is 22.0 Å². The predicted octanol–water partition coefficient (Wildman–Crippen LogP) is 3.35. The highest BCUT2D eigenvalue weighted by Crippen LogP contribution is 2.23. The number of benzene rings is 1. The average Bonchev–Trinajstić information content (AvgIpc) is 2.70. The smallest absolute Gasteiger partial charge is 0.148 e. The van der Waals surface area contributed by atoms with E-state index in [1.165, 1.54) is 4.68 Å². The van der Waals surface area contributed by atoms with Crippen LogP contribution in [0.3, 0.4) is 0 Å². The summed E-state index contributed by atoms with van der Waals surface area (Å²) in [7, 11) is 0. The minimum atomic E-state index is 0.201. The highest BCUT2D eigenvalue weighted by molar-refractivity contribution is 5.87. The second-order valence-electron chi connectivity index (χ2n) is 6.39. The van der Waals surface area contributed by atoms with E-state index in [4.69, 9.17) is 10.8 Å². The van der Waals surface area contributed by atoms with Gasteiger partial charge in [0.25, 0.3) is 0 Å². The zero-order chi connectivity index (χ0) is 18.8. The van der Waals surface area contributed by atoms with Crippen LogP contribution in [0.15, 0.2) is 67.1 Å². The first-order chi connectivity index (χ1) is 13.1. The molecule has 6 nitrogen and oxygen atoms in total. The predicted molar refractivity (Wildman–Crippen MR) is 105 cm³/mol. The van der Waals surface area contributed by atoms with Crippen molar-refractivity contribution in [2.45, 2.75) is 13.3 Å². The molecule has 132 valence electrons. The van der Waals surface area contributed by atoms with Gasteiger partial charge in [-0.1, -0.05) is 12.1 Å². The number of pyridine rings is 2. The number of nitrogens with one attached hydrogen (secondary N) is 2. The number of aryl methyl sites for hydroxylation is 1. The fourth-order valence-electron chi connectivity index (χ4n) is 2.97. The number of hydrogen-bond donors (Lipinski definition) is 2. The second kappa shape index (κ2) is 6.92. The fourth-order valence-corrected chi connectivity index (χ4v) is 2.97. The van der Waals surface area contributed by atoms with Crippen molar-refractivity contribution in [3.8, 4) is 11.1 Å². The third kappa shape index (κ3) is 3.50. The normalized spacial score (nSPS) is 10.9. The lowest BCUT2D eigenvalue weighted by Gasteiger charge is -2.09. The van der Waals surface area contributed by atoms with Gasteiger partial charge in [-0.05, 0) is 48.9 Å². The maximum absolute atomic E-state index is 8.35. The Morgan fingerprint density at radius 1 is 1.04 bits per heavy atom. The molecule has 4 rings (SSSR count). The first kappa shape index (κ1) is 16.8. The molecule has 0 spiro atoms. The molecule has 0 radical (unpaired) electrons. The SMILES string of the molecule is Cc1ccc(=N)n(C(=N)Cc2ccc3ncc(-c4cccnc4)cc3c2)n1. The zero-order valence-corrected chi connectivity index (χ0v) is 14.8. The van der Waals surface area contributed by atoms with E-state index in [1.807, 2.05) is 49.6 Å². The van der Waals surface area contributed by atoms with Crippen LogP contribution < -0.4 is 5.49 Å². The molecule has 0 saturated heterocycles. The van der Waals surface area contributed by atoms with E-state index < -0.39 is 0 Å². The molecule has 6 heteroatoms. The summed E-state index contributed by atoms with van der Waals surface area (Å²) >= 11 is 0. The Morgan fingerprint density at radius 2 is 1.93 bits per heavy atom. The van der Waals surface area contributed by atoms with Gasteiger partial charge in [0.15, 0.2) is 0 Å². The Balaban J connectivity index is 1.67. The molecule has 0 saturated carbocycles. The summed E-state index contributed by atoms with van der Waals surface area (Å²) in [5.41, 5.74) is 4.88. The Labute approximate surface area is 156 Å². The van der Waals surface area contributed by atoms with Crippen LogP contribution in [0.1, 0.15) is 11.3 Å². The Morgan fingerprint density at radius 3 is 2.74 bits per heavy atom. The highest BCUT2D eigenvalue weighted by Gasteiger charge is 2.07. The first-order valence-corrected chi connectivity index (χ1v) is 8.58. The van der Waals surface area contributed by atoms with Crippen molar-refractivity contribution in [1.29, 1.82) is 10.8 Å². The average molecular weight is 354 g/mol. The van der Waals surface area contributed by atoms with E-state index in [-0.39, 0.29) is 11.3 Å². The van der Waals surface area contributed by atoms with Crippen LogP contribution in [0.4, 0.5) is 0 Å². The van der Waals surface area contributed by atoms with Crippen molar-refractivity contribution in [2.75, 3.05) is 0 Å². The molecular formula is C21H18N6. The van der Waals surface area contributed by atoms with Crippen LogP contribution in [0.5, 0.6) is 0 Å². The molecule has 0 aliphatic carbocycles. The van der Waals surface area contributed by atoms with Crippen molar-refractivity contribution < 1.29 is 0 Å². The van der Waals surface area contributed by atoms with E-state index in [9.17, 15) is 0 Å². The molecule has 0 bridgehead atoms. The van der Waals surface area contributed by atoms with E-state index in [0.717, 1.165) is 33.3 Å². The van der Waals surface area contributed by atoms with Gasteiger partial charge in [-0.25, -0.2) is 4.68 Å². The van der Waals surface area contributed by atoms with Crippen LogP contribution in [0.2, 0.25) is 0 Å². The van der Waals surface area contributed by atoms with Crippen molar-refractivity contribution in [3.63, 3.8) is 0 Å². The number of rotatable bonds is 3. The zero-order valence-electron chi connectivity index (χ0n) is 14.8. The standard InChI is InChI=1S/C21H18N6/c1-14-4-7-20(22)27(26-14)21(23)10-15-5-6-19-17(9-15)11-18(13-25-19)16-3-2-8-24-12-16/h2-9,11-13,22-23H,10H2,1H3. The van der Waals surface area contributed by atoms with Crippen molar-refractivity contribution in [2.24, 2.45) is 0 Å². The summed E-state index contributed by atoms with van der Waals surface area (Å²) < 4.78 is 1.36. The Hall–Kier alpha value is -3.67. The van der Waals surface area contributed by atoms with Crippen molar-refractivity contribution in [3.05, 3.63) is 83.9 Å². The molecule has 0 aliphatic rings. The quantitative estimate of drug-likeness (QED) is 0.436. The molecule has 0 fully saturated rings. The summed E-state index contributed by atoms with van der Waals surface area (Å²) in [6.07, 6.45) is 5.80. The Bertz CT molecular complexity index is 1190. The third-order valence-corrected chi connectivity index (χ3v) is 4.34. The summed E-state index contributed by atoms with van der Waals surface area (Å²) in [4.78, 5) is 8.70. The van der Waals surface area contributed by atoms with E-state index in [2.05, 4.69) is 21.1 Å². The largest absolute Gasteiger partial charge is 0.286 e. The number of aromatic nitrogens is 4. The lowest BCUT2D eigenvalue weighted by Crippen LogP contribution is -2.30. The van der Waals surface area contributed by atoms with Gasteiger partial charge >= 0.3 is 0 Å². The minimum Gasteiger partial charge on any atom is -0.286 e. The lowest BCUT2D eigenvalue weighted by atomic mass is 10.0. The maximum atomic E-state index is 8.35. The van der Waals surface area contributed by atoms with Gasteiger partial charge < -0.3 is 0 Å². The van der Waals surface area contributed by atoms with E-state index in [1.54, 1.807) is 18.3 Å². The van der Waals surface area contributed by atoms with Crippen LogP contribution in [0, 0.1) is 17.7 Å². The van der Waals surface area contributed by atoms with Gasteiger partial charge in [0, 0.05) is 41.5 Å². The number of fused-ring (bicyclic) bond motifs is 1. The topological polar surface area (TPSA) is 91.3 Å². The van der Waals surface area contributed by atoms with Crippen LogP contribution >= 0.6 is 0 Å². The van der Waals surface area contributed by atoms with Gasteiger partial charge in [0.1, 0.15) is 11.3 Å². The minimum absolute atomic E-state index is 0.201. The lowest BCUT2D eigenvalue weighted by molar-refractivity contribution is 0.776. The second-order valence-corrected chi connectivity index (χ2v) is 6.39. The molecule has 27 heavy (non-hydrogen) atoms. The monoisotopic (exact) mass is 354 g/mol. The summed E-state index contributed by atoms with van der Waals surface area (Å²) in [5, 5.41) is 21.6. The fraction of sp³-hybridized carbons (Fsp3) is 0.0952.